The maximum Gasteiger partial charge on any atom is 0.255 e. The highest BCUT2D eigenvalue weighted by molar-refractivity contribution is 7.80. The van der Waals surface area contributed by atoms with Gasteiger partial charge in [0.1, 0.15) is 5.75 Å². The van der Waals surface area contributed by atoms with Gasteiger partial charge in [-0.3, -0.25) is 9.59 Å². The Kier molecular flexibility index (Phi) is 6.94. The average molecular weight is 392 g/mol. The van der Waals surface area contributed by atoms with Crippen molar-refractivity contribution in [3.63, 3.8) is 0 Å². The molecule has 0 aliphatic carbocycles. The lowest BCUT2D eigenvalue weighted by atomic mass is 10.2. The fraction of sp³-hybridized carbons (Fsp3) is 0.167. The first kappa shape index (κ1) is 19.7. The Hall–Kier alpha value is -2.64. The van der Waals surface area contributed by atoms with Gasteiger partial charge in [0.25, 0.3) is 5.91 Å². The van der Waals surface area contributed by atoms with Crippen LogP contribution in [0.1, 0.15) is 23.7 Å². The molecule has 0 fully saturated rings. The van der Waals surface area contributed by atoms with E-state index in [2.05, 4.69) is 16.0 Å². The topological polar surface area (TPSA) is 79.5 Å². The molecule has 0 atom stereocenters. The largest absolute Gasteiger partial charge is 0.495 e. The zero-order valence-corrected chi connectivity index (χ0v) is 15.8. The maximum absolute atomic E-state index is 12.3. The van der Waals surface area contributed by atoms with Crippen molar-refractivity contribution in [1.29, 1.82) is 0 Å². The molecule has 0 bridgehead atoms. The summed E-state index contributed by atoms with van der Waals surface area (Å²) in [5.74, 6) is 0.0512. The van der Waals surface area contributed by atoms with Crippen LogP contribution in [-0.2, 0) is 4.79 Å². The zero-order chi connectivity index (χ0) is 19.1. The first-order valence-electron chi connectivity index (χ1n) is 7.78. The van der Waals surface area contributed by atoms with Crippen molar-refractivity contribution in [2.24, 2.45) is 0 Å². The number of rotatable bonds is 5. The van der Waals surface area contributed by atoms with Crippen molar-refractivity contribution in [2.75, 3.05) is 17.7 Å². The summed E-state index contributed by atoms with van der Waals surface area (Å²) in [6.07, 6.45) is 0.349. The van der Waals surface area contributed by atoms with Crippen molar-refractivity contribution in [3.8, 4) is 5.75 Å². The molecule has 8 heteroatoms. The van der Waals surface area contributed by atoms with Crippen LogP contribution in [0.3, 0.4) is 0 Å². The summed E-state index contributed by atoms with van der Waals surface area (Å²) in [5.41, 5.74) is 1.72. The summed E-state index contributed by atoms with van der Waals surface area (Å²) in [6, 6.07) is 11.7. The van der Waals surface area contributed by atoms with Crippen molar-refractivity contribution in [3.05, 3.63) is 53.1 Å². The number of benzene rings is 2. The highest BCUT2D eigenvalue weighted by Crippen LogP contribution is 2.25. The molecular formula is C18H18ClN3O3S. The molecule has 2 amide bonds. The predicted octanol–water partition coefficient (Wildman–Crippen LogP) is 3.82. The number of amides is 2. The first-order valence-corrected chi connectivity index (χ1v) is 8.57. The molecule has 6 nitrogen and oxygen atoms in total. The second kappa shape index (κ2) is 9.17. The Labute approximate surface area is 161 Å². The summed E-state index contributed by atoms with van der Waals surface area (Å²) in [7, 11) is 1.51. The fourth-order valence-corrected chi connectivity index (χ4v) is 2.51. The summed E-state index contributed by atoms with van der Waals surface area (Å²) in [5, 5.41) is 8.81. The number of hydrogen-bond donors (Lipinski definition) is 3. The van der Waals surface area contributed by atoms with E-state index in [4.69, 9.17) is 28.6 Å². The Morgan fingerprint density at radius 1 is 1.08 bits per heavy atom. The molecule has 2 rings (SSSR count). The van der Waals surface area contributed by atoms with Crippen LogP contribution in [0.4, 0.5) is 11.4 Å². The van der Waals surface area contributed by atoms with E-state index < -0.39 is 0 Å². The van der Waals surface area contributed by atoms with Gasteiger partial charge in [-0.05, 0) is 54.7 Å². The van der Waals surface area contributed by atoms with Crippen LogP contribution >= 0.6 is 23.8 Å². The molecule has 26 heavy (non-hydrogen) atoms. The normalized spacial score (nSPS) is 9.96. The first-order chi connectivity index (χ1) is 12.4. The van der Waals surface area contributed by atoms with Crippen LogP contribution in [0.2, 0.25) is 5.02 Å². The summed E-state index contributed by atoms with van der Waals surface area (Å²) in [6.45, 7) is 1.74. The molecule has 2 aromatic rings. The van der Waals surface area contributed by atoms with Crippen LogP contribution in [0.5, 0.6) is 5.75 Å². The van der Waals surface area contributed by atoms with Gasteiger partial charge in [-0.15, -0.1) is 0 Å². The molecule has 0 radical (unpaired) electrons. The Morgan fingerprint density at radius 2 is 1.69 bits per heavy atom. The van der Waals surface area contributed by atoms with Gasteiger partial charge in [0.15, 0.2) is 5.11 Å². The van der Waals surface area contributed by atoms with Gasteiger partial charge in [0, 0.05) is 23.4 Å². The molecule has 0 heterocycles. The van der Waals surface area contributed by atoms with Crippen LogP contribution < -0.4 is 20.7 Å². The fourth-order valence-electron chi connectivity index (χ4n) is 2.03. The molecule has 0 saturated carbocycles. The van der Waals surface area contributed by atoms with Crippen molar-refractivity contribution in [2.45, 2.75) is 13.3 Å². The van der Waals surface area contributed by atoms with Crippen LogP contribution in [-0.4, -0.2) is 24.0 Å². The van der Waals surface area contributed by atoms with Gasteiger partial charge >= 0.3 is 0 Å². The van der Waals surface area contributed by atoms with E-state index in [0.29, 0.717) is 34.1 Å². The lowest BCUT2D eigenvalue weighted by molar-refractivity contribution is -0.119. The minimum Gasteiger partial charge on any atom is -0.495 e. The number of methoxy groups -OCH3 is 1. The van der Waals surface area contributed by atoms with E-state index in [1.807, 2.05) is 0 Å². The molecule has 3 N–H and O–H groups in total. The number of nitrogens with one attached hydrogen (secondary N) is 3. The lowest BCUT2D eigenvalue weighted by Crippen LogP contribution is -2.33. The van der Waals surface area contributed by atoms with Crippen molar-refractivity contribution in [1.82, 2.24) is 5.32 Å². The van der Waals surface area contributed by atoms with Gasteiger partial charge in [-0.25, -0.2) is 0 Å². The molecule has 0 spiro atoms. The minimum atomic E-state index is -0.291. The quantitative estimate of drug-likeness (QED) is 0.675. The van der Waals surface area contributed by atoms with E-state index in [-0.39, 0.29) is 16.9 Å². The number of carbonyl (C=O) groups is 2. The van der Waals surface area contributed by atoms with E-state index in [0.717, 1.165) is 0 Å². The average Bonchev–Trinajstić information content (AvgIpc) is 2.63. The SMILES string of the molecule is CCC(=O)NC(=S)Nc1ccc(NC(=O)c2ccc(OC)c(Cl)c2)cc1. The zero-order valence-electron chi connectivity index (χ0n) is 14.3. The van der Waals surface area contributed by atoms with E-state index in [1.54, 1.807) is 49.4 Å². The van der Waals surface area contributed by atoms with E-state index in [1.165, 1.54) is 7.11 Å². The second-order valence-electron chi connectivity index (χ2n) is 5.24. The smallest absolute Gasteiger partial charge is 0.255 e. The number of hydrogen-bond acceptors (Lipinski definition) is 4. The highest BCUT2D eigenvalue weighted by Gasteiger charge is 2.10. The van der Waals surface area contributed by atoms with Crippen LogP contribution in [0, 0.1) is 0 Å². The summed E-state index contributed by atoms with van der Waals surface area (Å²) < 4.78 is 5.07. The summed E-state index contributed by atoms with van der Waals surface area (Å²) >= 11 is 11.1. The molecule has 0 aliphatic rings. The van der Waals surface area contributed by atoms with E-state index >= 15 is 0 Å². The lowest BCUT2D eigenvalue weighted by Gasteiger charge is -2.10. The highest BCUT2D eigenvalue weighted by atomic mass is 35.5. The maximum atomic E-state index is 12.3. The number of anilines is 2. The minimum absolute atomic E-state index is 0.162. The molecule has 0 unspecified atom stereocenters. The summed E-state index contributed by atoms with van der Waals surface area (Å²) in [4.78, 5) is 23.6. The standard InChI is InChI=1S/C18H18ClN3O3S/c1-3-16(23)22-18(26)21-13-7-5-12(6-8-13)20-17(24)11-4-9-15(25-2)14(19)10-11/h4-10H,3H2,1-2H3,(H,20,24)(H2,21,22,23,26). The third kappa shape index (κ3) is 5.44. The van der Waals surface area contributed by atoms with Crippen LogP contribution in [0.15, 0.2) is 42.5 Å². The Bertz CT molecular complexity index is 825. The molecular weight excluding hydrogens is 374 g/mol. The van der Waals surface area contributed by atoms with Crippen molar-refractivity contribution >= 4 is 52.1 Å². The molecule has 0 aromatic heterocycles. The van der Waals surface area contributed by atoms with Gasteiger partial charge in [-0.2, -0.15) is 0 Å². The number of halogens is 1. The monoisotopic (exact) mass is 391 g/mol. The number of ether oxygens (including phenoxy) is 1. The Balaban J connectivity index is 1.98. The molecule has 0 saturated heterocycles. The van der Waals surface area contributed by atoms with E-state index in [9.17, 15) is 9.59 Å². The number of carbonyl (C=O) groups excluding carboxylic acids is 2. The molecule has 2 aromatic carbocycles. The third-order valence-corrected chi connectivity index (χ3v) is 3.89. The number of thiocarbonyl (C=S) groups is 1. The molecule has 136 valence electrons. The van der Waals surface area contributed by atoms with Crippen molar-refractivity contribution < 1.29 is 14.3 Å². The van der Waals surface area contributed by atoms with Gasteiger partial charge in [0.05, 0.1) is 12.1 Å². The van der Waals surface area contributed by atoms with Gasteiger partial charge in [0.2, 0.25) is 5.91 Å². The van der Waals surface area contributed by atoms with Gasteiger partial charge < -0.3 is 20.7 Å². The second-order valence-corrected chi connectivity index (χ2v) is 6.05. The van der Waals surface area contributed by atoms with Gasteiger partial charge in [-0.1, -0.05) is 18.5 Å². The predicted molar refractivity (Wildman–Crippen MR) is 107 cm³/mol. The Morgan fingerprint density at radius 3 is 2.23 bits per heavy atom. The molecule has 0 aliphatic heterocycles. The van der Waals surface area contributed by atoms with Crippen LogP contribution in [0.25, 0.3) is 0 Å². The third-order valence-electron chi connectivity index (χ3n) is 3.39.